The quantitative estimate of drug-likeness (QED) is 0.208. The van der Waals surface area contributed by atoms with Crippen molar-refractivity contribution in [3.05, 3.63) is 62.6 Å². The van der Waals surface area contributed by atoms with Gasteiger partial charge in [0.1, 0.15) is 24.7 Å². The number of nitro groups is 1. The molecule has 2 aromatic carbocycles. The molecule has 2 aromatic rings. The molecule has 0 spiro atoms. The first-order valence-corrected chi connectivity index (χ1v) is 9.00. The third-order valence-corrected chi connectivity index (χ3v) is 4.05. The Morgan fingerprint density at radius 2 is 1.96 bits per heavy atom. The van der Waals surface area contributed by atoms with E-state index in [1.54, 1.807) is 7.05 Å². The minimum Gasteiger partial charge on any atom is -0.490 e. The third kappa shape index (κ3) is 6.83. The van der Waals surface area contributed by atoms with Crippen LogP contribution in [-0.2, 0) is 0 Å². The minimum atomic E-state index is -0.483. The summed E-state index contributed by atoms with van der Waals surface area (Å²) in [4.78, 5) is 10.5. The number of benzene rings is 2. The molecule has 0 amide bonds. The molecule has 0 radical (unpaired) electrons. The monoisotopic (exact) mass is 452 g/mol. The number of nitro benzene ring substituents is 1. The topological polar surface area (TPSA) is 98.0 Å². The molecule has 0 heterocycles. The molecule has 2 N–H and O–H groups in total. The number of ether oxygens (including phenoxy) is 2. The molecule has 0 aliphatic carbocycles. The van der Waals surface area contributed by atoms with Crippen LogP contribution >= 0.6 is 28.1 Å². The second-order valence-corrected chi connectivity index (χ2v) is 6.40. The number of hydrogen-bond acceptors (Lipinski definition) is 6. The van der Waals surface area contributed by atoms with Crippen LogP contribution in [0.5, 0.6) is 11.5 Å². The van der Waals surface area contributed by atoms with E-state index in [4.69, 9.17) is 21.7 Å². The van der Waals surface area contributed by atoms with Gasteiger partial charge >= 0.3 is 0 Å². The molecule has 0 bridgehead atoms. The van der Waals surface area contributed by atoms with Crippen molar-refractivity contribution in [2.45, 2.75) is 0 Å². The number of halogens is 1. The maximum absolute atomic E-state index is 11.0. The Labute approximate surface area is 169 Å². The highest BCUT2D eigenvalue weighted by atomic mass is 79.9. The number of hydrogen-bond donors (Lipinski definition) is 2. The van der Waals surface area contributed by atoms with Gasteiger partial charge in [0.2, 0.25) is 0 Å². The number of rotatable bonds is 8. The Kier molecular flexibility index (Phi) is 7.96. The molecule has 0 saturated heterocycles. The number of nitrogens with one attached hydrogen (secondary N) is 2. The normalized spacial score (nSPS) is 10.4. The summed E-state index contributed by atoms with van der Waals surface area (Å²) in [7, 11) is 1.65. The summed E-state index contributed by atoms with van der Waals surface area (Å²) in [5.41, 5.74) is 2.97. The zero-order valence-corrected chi connectivity index (χ0v) is 16.7. The van der Waals surface area contributed by atoms with Gasteiger partial charge in [0.15, 0.2) is 5.11 Å². The number of thiocarbonyl (C=S) groups is 1. The fourth-order valence-electron chi connectivity index (χ4n) is 1.94. The van der Waals surface area contributed by atoms with Crippen LogP contribution in [0.3, 0.4) is 0 Å². The van der Waals surface area contributed by atoms with Gasteiger partial charge < -0.3 is 14.8 Å². The summed E-state index contributed by atoms with van der Waals surface area (Å²) in [5.74, 6) is 1.16. The number of nitrogens with zero attached hydrogens (tertiary/aromatic N) is 2. The van der Waals surface area contributed by atoms with Crippen LogP contribution in [0.2, 0.25) is 0 Å². The van der Waals surface area contributed by atoms with Gasteiger partial charge in [-0.1, -0.05) is 15.9 Å². The van der Waals surface area contributed by atoms with Gasteiger partial charge in [-0.25, -0.2) is 0 Å². The molecular formula is C17H17BrN4O4S. The van der Waals surface area contributed by atoms with Crippen molar-refractivity contribution in [2.75, 3.05) is 20.3 Å². The van der Waals surface area contributed by atoms with E-state index < -0.39 is 4.92 Å². The Morgan fingerprint density at radius 1 is 1.26 bits per heavy atom. The lowest BCUT2D eigenvalue weighted by Gasteiger charge is -2.10. The molecule has 2 rings (SSSR count). The zero-order chi connectivity index (χ0) is 19.6. The van der Waals surface area contributed by atoms with Gasteiger partial charge in [0.05, 0.1) is 11.1 Å². The van der Waals surface area contributed by atoms with Crippen molar-refractivity contribution < 1.29 is 14.4 Å². The van der Waals surface area contributed by atoms with Gasteiger partial charge in [0.25, 0.3) is 5.69 Å². The second-order valence-electron chi connectivity index (χ2n) is 5.08. The predicted molar refractivity (Wildman–Crippen MR) is 111 cm³/mol. The van der Waals surface area contributed by atoms with Crippen molar-refractivity contribution in [3.8, 4) is 11.5 Å². The maximum Gasteiger partial charge on any atom is 0.270 e. The van der Waals surface area contributed by atoms with E-state index in [1.165, 1.54) is 24.4 Å². The first-order chi connectivity index (χ1) is 13.0. The highest BCUT2D eigenvalue weighted by Gasteiger charge is 2.11. The summed E-state index contributed by atoms with van der Waals surface area (Å²) in [6.07, 6.45) is 1.40. The molecule has 0 atom stereocenters. The highest BCUT2D eigenvalue weighted by Crippen LogP contribution is 2.23. The fraction of sp³-hybridized carbons (Fsp3) is 0.176. The van der Waals surface area contributed by atoms with E-state index >= 15 is 0 Å². The Balaban J connectivity index is 1.99. The number of hydrazone groups is 1. The van der Waals surface area contributed by atoms with E-state index in [0.717, 1.165) is 10.2 Å². The van der Waals surface area contributed by atoms with E-state index in [1.807, 2.05) is 24.3 Å². The van der Waals surface area contributed by atoms with Crippen LogP contribution in [0, 0.1) is 10.1 Å². The summed E-state index contributed by atoms with van der Waals surface area (Å²) in [5, 5.41) is 18.0. The van der Waals surface area contributed by atoms with Gasteiger partial charge in [-0.3, -0.25) is 15.5 Å². The van der Waals surface area contributed by atoms with E-state index in [0.29, 0.717) is 23.0 Å². The zero-order valence-electron chi connectivity index (χ0n) is 14.3. The second kappa shape index (κ2) is 10.4. The SMILES string of the molecule is CNC(=S)N/N=C/c1cc([N+](=O)[O-])ccc1OCCOc1ccc(Br)cc1. The molecule has 0 aliphatic rings. The summed E-state index contributed by atoms with van der Waals surface area (Å²) in [6, 6.07) is 11.7. The van der Waals surface area contributed by atoms with Gasteiger partial charge in [-0.15, -0.1) is 0 Å². The van der Waals surface area contributed by atoms with E-state index in [-0.39, 0.29) is 12.3 Å². The first-order valence-electron chi connectivity index (χ1n) is 7.80. The van der Waals surface area contributed by atoms with Crippen molar-refractivity contribution >= 4 is 45.2 Å². The lowest BCUT2D eigenvalue weighted by atomic mass is 10.2. The standard InChI is InChI=1S/C17H17BrN4O4S/c1-19-17(27)21-20-11-12-10-14(22(23)24)4-7-16(12)26-9-8-25-15-5-2-13(18)3-6-15/h2-7,10-11H,8-9H2,1H3,(H2,19,21,27)/b20-11+. The lowest BCUT2D eigenvalue weighted by Crippen LogP contribution is -2.28. The molecule has 0 fully saturated rings. The average Bonchev–Trinajstić information content (AvgIpc) is 2.67. The Hall–Kier alpha value is -2.72. The van der Waals surface area contributed by atoms with Gasteiger partial charge in [-0.2, -0.15) is 5.10 Å². The summed E-state index contributed by atoms with van der Waals surface area (Å²) < 4.78 is 12.2. The van der Waals surface area contributed by atoms with Crippen molar-refractivity contribution in [1.29, 1.82) is 0 Å². The number of non-ortho nitro benzene ring substituents is 1. The summed E-state index contributed by atoms with van der Waals surface area (Å²) >= 11 is 8.27. The highest BCUT2D eigenvalue weighted by molar-refractivity contribution is 9.10. The molecule has 8 nitrogen and oxygen atoms in total. The van der Waals surface area contributed by atoms with Crippen LogP contribution < -0.4 is 20.2 Å². The third-order valence-electron chi connectivity index (χ3n) is 3.22. The smallest absolute Gasteiger partial charge is 0.270 e. The van der Waals surface area contributed by atoms with E-state index in [9.17, 15) is 10.1 Å². The summed E-state index contributed by atoms with van der Waals surface area (Å²) in [6.45, 7) is 0.578. The van der Waals surface area contributed by atoms with Crippen molar-refractivity contribution in [2.24, 2.45) is 5.10 Å². The largest absolute Gasteiger partial charge is 0.490 e. The van der Waals surface area contributed by atoms with Crippen molar-refractivity contribution in [3.63, 3.8) is 0 Å². The predicted octanol–water partition coefficient (Wildman–Crippen LogP) is 3.24. The van der Waals surface area contributed by atoms with Gasteiger partial charge in [0, 0.05) is 29.2 Å². The minimum absolute atomic E-state index is 0.0638. The Morgan fingerprint density at radius 3 is 2.63 bits per heavy atom. The molecule has 27 heavy (non-hydrogen) atoms. The molecular weight excluding hydrogens is 436 g/mol. The molecule has 142 valence electrons. The average molecular weight is 453 g/mol. The van der Waals surface area contributed by atoms with Gasteiger partial charge in [-0.05, 0) is 42.5 Å². The molecule has 0 aromatic heterocycles. The first kappa shape index (κ1) is 20.6. The van der Waals surface area contributed by atoms with Crippen LogP contribution in [0.1, 0.15) is 5.56 Å². The molecule has 10 heteroatoms. The fourth-order valence-corrected chi connectivity index (χ4v) is 2.26. The van der Waals surface area contributed by atoms with Crippen LogP contribution in [0.4, 0.5) is 5.69 Å². The maximum atomic E-state index is 11.0. The van der Waals surface area contributed by atoms with E-state index in [2.05, 4.69) is 31.8 Å². The Bertz CT molecular complexity index is 830. The molecule has 0 aliphatic heterocycles. The van der Waals surface area contributed by atoms with Crippen LogP contribution in [-0.4, -0.2) is 36.5 Å². The van der Waals surface area contributed by atoms with Crippen LogP contribution in [0.15, 0.2) is 52.0 Å². The lowest BCUT2D eigenvalue weighted by molar-refractivity contribution is -0.384. The molecule has 0 saturated carbocycles. The van der Waals surface area contributed by atoms with Crippen LogP contribution in [0.25, 0.3) is 0 Å². The van der Waals surface area contributed by atoms with Crippen molar-refractivity contribution in [1.82, 2.24) is 10.7 Å². The molecule has 0 unspecified atom stereocenters.